The number of hydrogen-bond donors (Lipinski definition) is 3. The van der Waals surface area contributed by atoms with Crippen LogP contribution in [0.2, 0.25) is 0 Å². The number of benzene rings is 1. The maximum Gasteiger partial charge on any atom is 0.272 e. The number of carbonyl (C=O) groups excluding carboxylic acids is 1. The minimum absolute atomic E-state index is 0.247. The summed E-state index contributed by atoms with van der Waals surface area (Å²) in [5.41, 5.74) is 8.37. The smallest absolute Gasteiger partial charge is 0.272 e. The molecule has 2 heterocycles. The number of hydrogen-bond acceptors (Lipinski definition) is 4. The molecule has 3 rings (SSSR count). The molecule has 3 aromatic rings. The molecule has 0 radical (unpaired) electrons. The Balaban J connectivity index is 1.82. The van der Waals surface area contributed by atoms with Crippen LogP contribution in [0, 0.1) is 0 Å². The molecule has 0 saturated heterocycles. The first-order chi connectivity index (χ1) is 9.65. The Kier molecular flexibility index (Phi) is 2.86. The molecule has 1 amide bonds. The number of amides is 1. The van der Waals surface area contributed by atoms with E-state index in [1.807, 2.05) is 13.1 Å². The first-order valence-corrected chi connectivity index (χ1v) is 6.14. The van der Waals surface area contributed by atoms with E-state index in [4.69, 9.17) is 5.73 Å². The standard InChI is InChI=1S/C13H14N6O/c1-19-9(4-5-16-19)7-15-13(20)12-10-6-8(14)2-3-11(10)17-18-12/h2-6H,7,14H2,1H3,(H,15,20)(H,17,18). The molecule has 0 aliphatic heterocycles. The number of nitrogens with two attached hydrogens (primary N) is 1. The topological polar surface area (TPSA) is 102 Å². The van der Waals surface area contributed by atoms with Gasteiger partial charge in [0.25, 0.3) is 5.91 Å². The summed E-state index contributed by atoms with van der Waals surface area (Å²) in [4.78, 5) is 12.2. The van der Waals surface area contributed by atoms with Crippen molar-refractivity contribution in [2.45, 2.75) is 6.54 Å². The fraction of sp³-hybridized carbons (Fsp3) is 0.154. The van der Waals surface area contributed by atoms with Gasteiger partial charge in [-0.1, -0.05) is 0 Å². The number of aromatic nitrogens is 4. The second-order valence-electron chi connectivity index (χ2n) is 4.51. The van der Waals surface area contributed by atoms with Crippen molar-refractivity contribution in [1.29, 1.82) is 0 Å². The Hall–Kier alpha value is -2.83. The highest BCUT2D eigenvalue weighted by molar-refractivity contribution is 6.05. The summed E-state index contributed by atoms with van der Waals surface area (Å²) in [6.45, 7) is 0.395. The second-order valence-corrected chi connectivity index (χ2v) is 4.51. The number of nitrogens with one attached hydrogen (secondary N) is 2. The van der Waals surface area contributed by atoms with E-state index in [9.17, 15) is 4.79 Å². The number of nitrogens with zero attached hydrogens (tertiary/aromatic N) is 3. The van der Waals surface area contributed by atoms with Crippen LogP contribution in [0.3, 0.4) is 0 Å². The molecule has 0 saturated carbocycles. The zero-order valence-corrected chi connectivity index (χ0v) is 10.9. The maximum atomic E-state index is 12.2. The van der Waals surface area contributed by atoms with E-state index in [1.165, 1.54) is 0 Å². The van der Waals surface area contributed by atoms with Crippen LogP contribution in [0.25, 0.3) is 10.9 Å². The molecule has 0 aliphatic carbocycles. The molecule has 0 aliphatic rings. The minimum atomic E-state index is -0.247. The summed E-state index contributed by atoms with van der Waals surface area (Å²) in [5.74, 6) is -0.247. The van der Waals surface area contributed by atoms with Crippen LogP contribution in [0.4, 0.5) is 5.69 Å². The number of aryl methyl sites for hydroxylation is 1. The van der Waals surface area contributed by atoms with Crippen molar-refractivity contribution in [3.8, 4) is 0 Å². The quantitative estimate of drug-likeness (QED) is 0.613. The number of H-pyrrole nitrogens is 1. The number of fused-ring (bicyclic) bond motifs is 1. The van der Waals surface area contributed by atoms with E-state index in [2.05, 4.69) is 20.6 Å². The number of carbonyl (C=O) groups is 1. The Morgan fingerprint density at radius 3 is 3.05 bits per heavy atom. The van der Waals surface area contributed by atoms with Crippen molar-refractivity contribution < 1.29 is 4.79 Å². The van der Waals surface area contributed by atoms with E-state index in [-0.39, 0.29) is 5.91 Å². The van der Waals surface area contributed by atoms with Crippen molar-refractivity contribution in [2.75, 3.05) is 5.73 Å². The molecule has 20 heavy (non-hydrogen) atoms. The van der Waals surface area contributed by atoms with E-state index < -0.39 is 0 Å². The molecule has 0 fully saturated rings. The average molecular weight is 270 g/mol. The molecule has 1 aromatic carbocycles. The first-order valence-electron chi connectivity index (χ1n) is 6.14. The van der Waals surface area contributed by atoms with Crippen molar-refractivity contribution in [1.82, 2.24) is 25.3 Å². The predicted octanol–water partition coefficient (Wildman–Crippen LogP) is 0.809. The van der Waals surface area contributed by atoms with Gasteiger partial charge in [-0.25, -0.2) is 0 Å². The van der Waals surface area contributed by atoms with Crippen LogP contribution in [-0.4, -0.2) is 25.9 Å². The third-order valence-electron chi connectivity index (χ3n) is 3.15. The van der Waals surface area contributed by atoms with Gasteiger partial charge in [-0.3, -0.25) is 14.6 Å². The summed E-state index contributed by atoms with van der Waals surface area (Å²) >= 11 is 0. The summed E-state index contributed by atoms with van der Waals surface area (Å²) in [6.07, 6.45) is 1.69. The Labute approximate surface area is 114 Å². The lowest BCUT2D eigenvalue weighted by Crippen LogP contribution is -2.24. The van der Waals surface area contributed by atoms with Crippen LogP contribution in [0.1, 0.15) is 16.2 Å². The fourth-order valence-corrected chi connectivity index (χ4v) is 2.03. The number of anilines is 1. The molecule has 4 N–H and O–H groups in total. The first kappa shape index (κ1) is 12.2. The van der Waals surface area contributed by atoms with E-state index >= 15 is 0 Å². The largest absolute Gasteiger partial charge is 0.399 e. The Morgan fingerprint density at radius 1 is 1.45 bits per heavy atom. The molecule has 0 spiro atoms. The monoisotopic (exact) mass is 270 g/mol. The van der Waals surface area contributed by atoms with Gasteiger partial charge < -0.3 is 11.1 Å². The highest BCUT2D eigenvalue weighted by Gasteiger charge is 2.14. The molecule has 102 valence electrons. The Bertz CT molecular complexity index is 772. The van der Waals surface area contributed by atoms with Gasteiger partial charge in [-0.15, -0.1) is 0 Å². The molecule has 7 heteroatoms. The highest BCUT2D eigenvalue weighted by Crippen LogP contribution is 2.18. The van der Waals surface area contributed by atoms with Crippen molar-refractivity contribution >= 4 is 22.5 Å². The minimum Gasteiger partial charge on any atom is -0.399 e. The van der Waals surface area contributed by atoms with Gasteiger partial charge in [0, 0.05) is 24.3 Å². The fourth-order valence-electron chi connectivity index (χ4n) is 2.03. The molecule has 0 unspecified atom stereocenters. The lowest BCUT2D eigenvalue weighted by atomic mass is 10.2. The summed E-state index contributed by atoms with van der Waals surface area (Å²) < 4.78 is 1.71. The summed E-state index contributed by atoms with van der Waals surface area (Å²) in [7, 11) is 1.83. The maximum absolute atomic E-state index is 12.2. The lowest BCUT2D eigenvalue weighted by molar-refractivity contribution is 0.0946. The molecule has 7 nitrogen and oxygen atoms in total. The number of aromatic amines is 1. The summed E-state index contributed by atoms with van der Waals surface area (Å²) in [6, 6.07) is 7.14. The average Bonchev–Trinajstić information content (AvgIpc) is 3.02. The van der Waals surface area contributed by atoms with Crippen molar-refractivity contribution in [2.24, 2.45) is 7.05 Å². The molecule has 0 atom stereocenters. The second kappa shape index (κ2) is 4.69. The number of rotatable bonds is 3. The van der Waals surface area contributed by atoms with E-state index in [1.54, 1.807) is 29.1 Å². The zero-order chi connectivity index (χ0) is 14.1. The van der Waals surface area contributed by atoms with Crippen LogP contribution in [0.15, 0.2) is 30.5 Å². The third-order valence-corrected chi connectivity index (χ3v) is 3.15. The van der Waals surface area contributed by atoms with Gasteiger partial charge in [0.2, 0.25) is 0 Å². The molecule has 0 bridgehead atoms. The van der Waals surface area contributed by atoms with Gasteiger partial charge in [-0.05, 0) is 24.3 Å². The SMILES string of the molecule is Cn1nccc1CNC(=O)c1n[nH]c2ccc(N)cc12. The molecular weight excluding hydrogens is 256 g/mol. The van der Waals surface area contributed by atoms with E-state index in [0.29, 0.717) is 23.3 Å². The summed E-state index contributed by atoms with van der Waals surface area (Å²) in [5, 5.41) is 14.4. The third kappa shape index (κ3) is 2.09. The lowest BCUT2D eigenvalue weighted by Gasteiger charge is -2.04. The van der Waals surface area contributed by atoms with Crippen LogP contribution in [-0.2, 0) is 13.6 Å². The van der Waals surface area contributed by atoms with Gasteiger partial charge >= 0.3 is 0 Å². The van der Waals surface area contributed by atoms with Crippen LogP contribution < -0.4 is 11.1 Å². The predicted molar refractivity (Wildman–Crippen MR) is 74.9 cm³/mol. The van der Waals surface area contributed by atoms with Crippen molar-refractivity contribution in [3.05, 3.63) is 41.9 Å². The van der Waals surface area contributed by atoms with Crippen molar-refractivity contribution in [3.63, 3.8) is 0 Å². The van der Waals surface area contributed by atoms with Gasteiger partial charge in [0.1, 0.15) is 0 Å². The van der Waals surface area contributed by atoms with Gasteiger partial charge in [0.15, 0.2) is 5.69 Å². The van der Waals surface area contributed by atoms with Gasteiger partial charge in [-0.2, -0.15) is 10.2 Å². The Morgan fingerprint density at radius 2 is 2.30 bits per heavy atom. The van der Waals surface area contributed by atoms with Crippen LogP contribution >= 0.6 is 0 Å². The van der Waals surface area contributed by atoms with Crippen LogP contribution in [0.5, 0.6) is 0 Å². The molecule has 2 aromatic heterocycles. The highest BCUT2D eigenvalue weighted by atomic mass is 16.1. The number of nitrogen functional groups attached to an aromatic ring is 1. The normalized spacial score (nSPS) is 10.8. The molecular formula is C13H14N6O. The van der Waals surface area contributed by atoms with E-state index in [0.717, 1.165) is 11.2 Å². The zero-order valence-electron chi connectivity index (χ0n) is 10.9. The van der Waals surface area contributed by atoms with Gasteiger partial charge in [0.05, 0.1) is 17.8 Å².